The minimum atomic E-state index is -1.10. The number of aromatic nitrogens is 1. The molecule has 1 aliphatic rings. The molecule has 0 unspecified atom stereocenters. The molecule has 0 aromatic carbocycles. The third-order valence-corrected chi connectivity index (χ3v) is 2.78. The smallest absolute Gasteiger partial charge is 0.323 e. The van der Waals surface area contributed by atoms with Crippen LogP contribution in [-0.2, 0) is 4.79 Å². The van der Waals surface area contributed by atoms with Crippen LogP contribution in [0.5, 0.6) is 0 Å². The highest BCUT2D eigenvalue weighted by atomic mass is 19.1. The lowest BCUT2D eigenvalue weighted by Crippen LogP contribution is -2.37. The molecule has 1 aliphatic carbocycles. The largest absolute Gasteiger partial charge is 0.480 e. The summed E-state index contributed by atoms with van der Waals surface area (Å²) in [6.07, 6.45) is 3.21. The second-order valence-corrected chi connectivity index (χ2v) is 4.36. The monoisotopic (exact) mass is 252 g/mol. The fraction of sp³-hybridized carbons (Fsp3) is 0.417. The van der Waals surface area contributed by atoms with Gasteiger partial charge in [0.05, 0.1) is 5.56 Å². The summed E-state index contributed by atoms with van der Waals surface area (Å²) < 4.78 is 13.4. The van der Waals surface area contributed by atoms with Crippen LogP contribution in [0.25, 0.3) is 0 Å². The van der Waals surface area contributed by atoms with Gasteiger partial charge in [0.2, 0.25) is 5.95 Å². The lowest BCUT2D eigenvalue weighted by Gasteiger charge is -2.20. The molecule has 1 aromatic rings. The second kappa shape index (κ2) is 5.12. The summed E-state index contributed by atoms with van der Waals surface area (Å²) in [5.74, 6) is -2.25. The van der Waals surface area contributed by atoms with Crippen molar-refractivity contribution < 1.29 is 19.1 Å². The Morgan fingerprint density at radius 2 is 2.22 bits per heavy atom. The lowest BCUT2D eigenvalue weighted by atomic mass is 10.2. The van der Waals surface area contributed by atoms with Gasteiger partial charge in [-0.05, 0) is 30.9 Å². The summed E-state index contributed by atoms with van der Waals surface area (Å²) >= 11 is 0. The summed E-state index contributed by atoms with van der Waals surface area (Å²) in [6, 6.07) is 2.76. The molecule has 1 fully saturated rings. The maximum Gasteiger partial charge on any atom is 0.323 e. The average molecular weight is 252 g/mol. The molecule has 2 rings (SSSR count). The molecule has 96 valence electrons. The molecule has 1 saturated carbocycles. The van der Waals surface area contributed by atoms with Gasteiger partial charge in [0.25, 0.3) is 5.91 Å². The Morgan fingerprint density at radius 1 is 1.50 bits per heavy atom. The van der Waals surface area contributed by atoms with Crippen molar-refractivity contribution in [3.63, 3.8) is 0 Å². The summed E-state index contributed by atoms with van der Waals surface area (Å²) in [4.78, 5) is 27.3. The number of halogens is 1. The van der Waals surface area contributed by atoms with Gasteiger partial charge in [-0.3, -0.25) is 9.59 Å². The van der Waals surface area contributed by atoms with E-state index in [4.69, 9.17) is 5.11 Å². The number of carboxylic acid groups (broad SMARTS) is 1. The van der Waals surface area contributed by atoms with E-state index in [0.717, 1.165) is 12.8 Å². The number of aliphatic carboxylic acids is 1. The van der Waals surface area contributed by atoms with Crippen LogP contribution in [0.4, 0.5) is 4.39 Å². The van der Waals surface area contributed by atoms with E-state index in [9.17, 15) is 14.0 Å². The molecule has 1 heterocycles. The van der Waals surface area contributed by atoms with E-state index in [1.54, 1.807) is 0 Å². The number of rotatable bonds is 5. The number of amides is 1. The summed E-state index contributed by atoms with van der Waals surface area (Å²) in [5.41, 5.74) is -0.181. The molecule has 18 heavy (non-hydrogen) atoms. The number of hydrogen-bond donors (Lipinski definition) is 1. The zero-order valence-electron chi connectivity index (χ0n) is 9.67. The molecule has 0 spiro atoms. The summed E-state index contributed by atoms with van der Waals surface area (Å²) in [6.45, 7) is -0.0524. The van der Waals surface area contributed by atoms with Crippen molar-refractivity contribution in [2.75, 3.05) is 13.1 Å². The van der Waals surface area contributed by atoms with Gasteiger partial charge in [-0.2, -0.15) is 4.39 Å². The van der Waals surface area contributed by atoms with Gasteiger partial charge in [0, 0.05) is 12.7 Å². The first-order chi connectivity index (χ1) is 8.58. The quantitative estimate of drug-likeness (QED) is 0.798. The van der Waals surface area contributed by atoms with E-state index >= 15 is 0 Å². The molecule has 5 nitrogen and oxygen atoms in total. The Balaban J connectivity index is 2.15. The lowest BCUT2D eigenvalue weighted by molar-refractivity contribution is -0.137. The summed E-state index contributed by atoms with van der Waals surface area (Å²) in [7, 11) is 0. The molecule has 0 radical (unpaired) electrons. The van der Waals surface area contributed by atoms with Crippen LogP contribution in [-0.4, -0.2) is 40.0 Å². The number of pyridine rings is 1. The molecule has 1 aromatic heterocycles. The third-order valence-electron chi connectivity index (χ3n) is 2.78. The Labute approximate surface area is 103 Å². The Hall–Kier alpha value is -1.98. The van der Waals surface area contributed by atoms with E-state index in [1.807, 2.05) is 0 Å². The van der Waals surface area contributed by atoms with Crippen molar-refractivity contribution in [1.82, 2.24) is 9.88 Å². The molecule has 0 saturated heterocycles. The highest BCUT2D eigenvalue weighted by Gasteiger charge is 2.29. The van der Waals surface area contributed by atoms with Crippen molar-refractivity contribution in [3.05, 3.63) is 29.8 Å². The van der Waals surface area contributed by atoms with Gasteiger partial charge in [-0.15, -0.1) is 0 Å². The number of hydrogen-bond acceptors (Lipinski definition) is 3. The minimum absolute atomic E-state index is 0.181. The van der Waals surface area contributed by atoms with Crippen molar-refractivity contribution >= 4 is 11.9 Å². The maximum atomic E-state index is 13.4. The number of nitrogens with zero attached hydrogens (tertiary/aromatic N) is 2. The molecule has 0 bridgehead atoms. The van der Waals surface area contributed by atoms with Crippen LogP contribution < -0.4 is 0 Å². The van der Waals surface area contributed by atoms with Crippen LogP contribution >= 0.6 is 0 Å². The topological polar surface area (TPSA) is 70.5 Å². The fourth-order valence-electron chi connectivity index (χ4n) is 1.71. The summed E-state index contributed by atoms with van der Waals surface area (Å²) in [5, 5.41) is 8.78. The Bertz CT molecular complexity index is 474. The standard InChI is InChI=1S/C12H13FN2O3/c13-11-9(2-1-5-14-11)12(18)15(7-10(16)17)6-8-3-4-8/h1-2,5,8H,3-4,6-7H2,(H,16,17). The van der Waals surface area contributed by atoms with E-state index < -0.39 is 24.4 Å². The van der Waals surface area contributed by atoms with Crippen LogP contribution in [0.3, 0.4) is 0 Å². The molecule has 1 amide bonds. The van der Waals surface area contributed by atoms with Crippen molar-refractivity contribution in [3.8, 4) is 0 Å². The van der Waals surface area contributed by atoms with Crippen molar-refractivity contribution in [1.29, 1.82) is 0 Å². The molecule has 6 heteroatoms. The van der Waals surface area contributed by atoms with Gasteiger partial charge in [-0.25, -0.2) is 4.98 Å². The molecular weight excluding hydrogens is 239 g/mol. The van der Waals surface area contributed by atoms with E-state index in [0.29, 0.717) is 12.5 Å². The van der Waals surface area contributed by atoms with Gasteiger partial charge in [0.1, 0.15) is 6.54 Å². The zero-order chi connectivity index (χ0) is 13.1. The first kappa shape index (κ1) is 12.5. The molecule has 0 aliphatic heterocycles. The Morgan fingerprint density at radius 3 is 2.78 bits per heavy atom. The van der Waals surface area contributed by atoms with Crippen LogP contribution in [0.15, 0.2) is 18.3 Å². The van der Waals surface area contributed by atoms with Crippen molar-refractivity contribution in [2.24, 2.45) is 5.92 Å². The first-order valence-electron chi connectivity index (χ1n) is 5.69. The predicted octanol–water partition coefficient (Wildman–Crippen LogP) is 1.16. The van der Waals surface area contributed by atoms with Crippen LogP contribution in [0, 0.1) is 11.9 Å². The number of carbonyl (C=O) groups is 2. The minimum Gasteiger partial charge on any atom is -0.480 e. The average Bonchev–Trinajstić information content (AvgIpc) is 3.11. The van der Waals surface area contributed by atoms with E-state index in [2.05, 4.69) is 4.98 Å². The SMILES string of the molecule is O=C(O)CN(CC1CC1)C(=O)c1cccnc1F. The van der Waals surface area contributed by atoms with Crippen molar-refractivity contribution in [2.45, 2.75) is 12.8 Å². The van der Waals surface area contributed by atoms with Crippen LogP contribution in [0.1, 0.15) is 23.2 Å². The Kier molecular flexibility index (Phi) is 3.55. The van der Waals surface area contributed by atoms with E-state index in [-0.39, 0.29) is 5.56 Å². The normalized spacial score (nSPS) is 14.3. The molecule has 1 N–H and O–H groups in total. The third kappa shape index (κ3) is 3.03. The fourth-order valence-corrected chi connectivity index (χ4v) is 1.71. The maximum absolute atomic E-state index is 13.4. The molecular formula is C12H13FN2O3. The van der Waals surface area contributed by atoms with Gasteiger partial charge in [-0.1, -0.05) is 0 Å². The second-order valence-electron chi connectivity index (χ2n) is 4.36. The zero-order valence-corrected chi connectivity index (χ0v) is 9.67. The van der Waals surface area contributed by atoms with Gasteiger partial charge in [0.15, 0.2) is 0 Å². The van der Waals surface area contributed by atoms with Crippen LogP contribution in [0.2, 0.25) is 0 Å². The number of carbonyl (C=O) groups excluding carboxylic acids is 1. The van der Waals surface area contributed by atoms with E-state index in [1.165, 1.54) is 23.2 Å². The predicted molar refractivity (Wildman–Crippen MR) is 60.5 cm³/mol. The molecule has 0 atom stereocenters. The first-order valence-corrected chi connectivity index (χ1v) is 5.69. The van der Waals surface area contributed by atoms with Gasteiger partial charge < -0.3 is 10.0 Å². The number of carboxylic acids is 1. The highest BCUT2D eigenvalue weighted by Crippen LogP contribution is 2.30. The highest BCUT2D eigenvalue weighted by molar-refractivity contribution is 5.95. The van der Waals surface area contributed by atoms with Gasteiger partial charge >= 0.3 is 5.97 Å².